The number of aliphatic carboxylic acids is 1. The standard InChI is InChI=1S/C21H26N4O4S/c1-6-21(7-2,18(27)28)30-19-22-16-15(17(26)24(5)20(29)23(16)4)25(19)13(3)14-11-9-8-10-12-14/h8-13H,6-7H2,1-5H3,(H,27,28). The molecule has 30 heavy (non-hydrogen) atoms. The molecular weight excluding hydrogens is 404 g/mol. The zero-order valence-electron chi connectivity index (χ0n) is 17.7. The van der Waals surface area contributed by atoms with E-state index in [9.17, 15) is 19.5 Å². The van der Waals surface area contributed by atoms with E-state index in [4.69, 9.17) is 0 Å². The molecule has 0 amide bonds. The third-order valence-electron chi connectivity index (χ3n) is 5.75. The molecule has 2 heterocycles. The molecule has 160 valence electrons. The summed E-state index contributed by atoms with van der Waals surface area (Å²) >= 11 is 1.14. The number of benzene rings is 1. The minimum atomic E-state index is -1.08. The zero-order chi connectivity index (χ0) is 22.2. The molecule has 1 unspecified atom stereocenters. The predicted octanol–water partition coefficient (Wildman–Crippen LogP) is 2.78. The Balaban J connectivity index is 2.38. The molecule has 0 aliphatic carbocycles. The van der Waals surface area contributed by atoms with Crippen molar-refractivity contribution in [3.8, 4) is 0 Å². The zero-order valence-corrected chi connectivity index (χ0v) is 18.6. The first kappa shape index (κ1) is 21.9. The summed E-state index contributed by atoms with van der Waals surface area (Å²) in [6.07, 6.45) is 0.784. The fourth-order valence-electron chi connectivity index (χ4n) is 3.62. The summed E-state index contributed by atoms with van der Waals surface area (Å²) in [6.45, 7) is 5.59. The van der Waals surface area contributed by atoms with E-state index in [0.717, 1.165) is 21.9 Å². The second-order valence-electron chi connectivity index (χ2n) is 7.34. The monoisotopic (exact) mass is 430 g/mol. The maximum atomic E-state index is 13.1. The Labute approximate surface area is 178 Å². The van der Waals surface area contributed by atoms with Gasteiger partial charge in [0.05, 0.1) is 6.04 Å². The van der Waals surface area contributed by atoms with Crippen LogP contribution in [0.25, 0.3) is 11.2 Å². The summed E-state index contributed by atoms with van der Waals surface area (Å²) < 4.78 is 3.06. The highest BCUT2D eigenvalue weighted by atomic mass is 32.2. The topological polar surface area (TPSA) is 99.1 Å². The number of rotatable bonds is 7. The fraction of sp³-hybridized carbons (Fsp3) is 0.429. The van der Waals surface area contributed by atoms with Crippen LogP contribution in [0.3, 0.4) is 0 Å². The summed E-state index contributed by atoms with van der Waals surface area (Å²) in [5.74, 6) is -0.926. The molecule has 1 N–H and O–H groups in total. The van der Waals surface area contributed by atoms with Crippen LogP contribution >= 0.6 is 11.8 Å². The predicted molar refractivity (Wildman–Crippen MR) is 117 cm³/mol. The summed E-state index contributed by atoms with van der Waals surface area (Å²) in [7, 11) is 2.99. The van der Waals surface area contributed by atoms with E-state index in [2.05, 4.69) is 4.98 Å². The van der Waals surface area contributed by atoms with E-state index in [1.165, 1.54) is 11.6 Å². The number of imidazole rings is 1. The number of carboxylic acid groups (broad SMARTS) is 1. The van der Waals surface area contributed by atoms with Gasteiger partial charge in [-0.3, -0.25) is 18.7 Å². The Morgan fingerprint density at radius 1 is 1.13 bits per heavy atom. The van der Waals surface area contributed by atoms with Crippen LogP contribution in [0.5, 0.6) is 0 Å². The normalized spacial score (nSPS) is 13.0. The van der Waals surface area contributed by atoms with Gasteiger partial charge in [0.1, 0.15) is 4.75 Å². The van der Waals surface area contributed by atoms with E-state index in [1.807, 2.05) is 51.1 Å². The Kier molecular flexibility index (Phi) is 5.94. The average Bonchev–Trinajstić information content (AvgIpc) is 3.13. The van der Waals surface area contributed by atoms with Crippen molar-refractivity contribution < 1.29 is 9.90 Å². The number of hydrogen-bond donors (Lipinski definition) is 1. The van der Waals surface area contributed by atoms with E-state index in [-0.39, 0.29) is 17.2 Å². The molecule has 0 aliphatic rings. The highest BCUT2D eigenvalue weighted by molar-refractivity contribution is 8.01. The number of carboxylic acids is 1. The Bertz CT molecular complexity index is 1210. The van der Waals surface area contributed by atoms with Crippen LogP contribution in [0.4, 0.5) is 0 Å². The van der Waals surface area contributed by atoms with E-state index in [1.54, 1.807) is 11.6 Å². The molecule has 2 aromatic heterocycles. The quantitative estimate of drug-likeness (QED) is 0.579. The van der Waals surface area contributed by atoms with Crippen molar-refractivity contribution in [1.29, 1.82) is 0 Å². The van der Waals surface area contributed by atoms with Gasteiger partial charge in [0.2, 0.25) is 0 Å². The van der Waals surface area contributed by atoms with Gasteiger partial charge in [-0.2, -0.15) is 0 Å². The second kappa shape index (κ2) is 8.14. The van der Waals surface area contributed by atoms with Gasteiger partial charge >= 0.3 is 11.7 Å². The van der Waals surface area contributed by atoms with Gasteiger partial charge in [0.15, 0.2) is 16.3 Å². The lowest BCUT2D eigenvalue weighted by Crippen LogP contribution is -2.37. The van der Waals surface area contributed by atoms with Crippen molar-refractivity contribution >= 4 is 28.9 Å². The lowest BCUT2D eigenvalue weighted by atomic mass is 10.0. The first-order valence-electron chi connectivity index (χ1n) is 9.83. The van der Waals surface area contributed by atoms with Crippen LogP contribution in [0.15, 0.2) is 45.1 Å². The second-order valence-corrected chi connectivity index (χ2v) is 8.69. The molecule has 0 spiro atoms. The lowest BCUT2D eigenvalue weighted by Gasteiger charge is -2.27. The Hall–Kier alpha value is -2.81. The molecule has 0 saturated carbocycles. The van der Waals surface area contributed by atoms with Crippen LogP contribution < -0.4 is 11.2 Å². The van der Waals surface area contributed by atoms with Crippen LogP contribution in [0.2, 0.25) is 0 Å². The summed E-state index contributed by atoms with van der Waals surface area (Å²) in [6, 6.07) is 9.33. The number of nitrogens with zero attached hydrogens (tertiary/aromatic N) is 4. The van der Waals surface area contributed by atoms with Gasteiger partial charge in [-0.05, 0) is 25.3 Å². The van der Waals surface area contributed by atoms with Gasteiger partial charge in [0, 0.05) is 14.1 Å². The summed E-state index contributed by atoms with van der Waals surface area (Å²) in [5, 5.41) is 10.3. The molecule has 8 nitrogen and oxygen atoms in total. The van der Waals surface area contributed by atoms with Gasteiger partial charge in [-0.1, -0.05) is 55.9 Å². The summed E-state index contributed by atoms with van der Waals surface area (Å²) in [4.78, 5) is 42.2. The van der Waals surface area contributed by atoms with E-state index < -0.39 is 22.0 Å². The number of thioether (sulfide) groups is 1. The largest absolute Gasteiger partial charge is 0.480 e. The highest BCUT2D eigenvalue weighted by Gasteiger charge is 2.39. The number of fused-ring (bicyclic) bond motifs is 1. The van der Waals surface area contributed by atoms with Crippen molar-refractivity contribution in [2.45, 2.75) is 49.6 Å². The average molecular weight is 431 g/mol. The lowest BCUT2D eigenvalue weighted by molar-refractivity contribution is -0.140. The van der Waals surface area contributed by atoms with Crippen LogP contribution in [-0.4, -0.2) is 34.5 Å². The summed E-state index contributed by atoms with van der Waals surface area (Å²) in [5.41, 5.74) is 0.550. The van der Waals surface area contributed by atoms with Crippen molar-refractivity contribution in [2.24, 2.45) is 14.1 Å². The number of aryl methyl sites for hydroxylation is 1. The van der Waals surface area contributed by atoms with Crippen molar-refractivity contribution in [1.82, 2.24) is 18.7 Å². The molecule has 0 radical (unpaired) electrons. The smallest absolute Gasteiger partial charge is 0.332 e. The fourth-order valence-corrected chi connectivity index (χ4v) is 4.83. The molecular formula is C21H26N4O4S. The highest BCUT2D eigenvalue weighted by Crippen LogP contribution is 2.40. The molecule has 3 rings (SSSR count). The van der Waals surface area contributed by atoms with Crippen molar-refractivity contribution in [2.75, 3.05) is 0 Å². The molecule has 0 aliphatic heterocycles. The van der Waals surface area contributed by atoms with Gasteiger partial charge in [-0.25, -0.2) is 9.78 Å². The number of carbonyl (C=O) groups is 1. The number of aromatic nitrogens is 4. The third-order valence-corrected chi connectivity index (χ3v) is 7.36. The number of hydrogen-bond acceptors (Lipinski definition) is 5. The minimum Gasteiger partial charge on any atom is -0.480 e. The van der Waals surface area contributed by atoms with E-state index >= 15 is 0 Å². The molecule has 0 bridgehead atoms. The van der Waals surface area contributed by atoms with Crippen LogP contribution in [0.1, 0.15) is 45.2 Å². The molecule has 0 fully saturated rings. The van der Waals surface area contributed by atoms with Crippen LogP contribution in [0, 0.1) is 0 Å². The maximum Gasteiger partial charge on any atom is 0.332 e. The Morgan fingerprint density at radius 3 is 2.27 bits per heavy atom. The molecule has 1 atom stereocenters. The van der Waals surface area contributed by atoms with E-state index in [0.29, 0.717) is 18.0 Å². The van der Waals surface area contributed by atoms with Crippen LogP contribution in [-0.2, 0) is 18.9 Å². The first-order chi connectivity index (χ1) is 14.2. The van der Waals surface area contributed by atoms with Gasteiger partial charge < -0.3 is 9.67 Å². The molecule has 3 aromatic rings. The molecule has 1 aromatic carbocycles. The Morgan fingerprint density at radius 2 is 1.73 bits per heavy atom. The van der Waals surface area contributed by atoms with Gasteiger partial charge in [0.25, 0.3) is 5.56 Å². The van der Waals surface area contributed by atoms with Crippen molar-refractivity contribution in [3.05, 3.63) is 56.7 Å². The maximum absolute atomic E-state index is 13.1. The SMILES string of the molecule is CCC(CC)(Sc1nc2c(c(=O)n(C)c(=O)n2C)n1C(C)c1ccccc1)C(=O)O. The molecule has 9 heteroatoms. The minimum absolute atomic E-state index is 0.250. The molecule has 0 saturated heterocycles. The van der Waals surface area contributed by atoms with Gasteiger partial charge in [-0.15, -0.1) is 0 Å². The van der Waals surface area contributed by atoms with Crippen molar-refractivity contribution in [3.63, 3.8) is 0 Å². The first-order valence-corrected chi connectivity index (χ1v) is 10.7. The third kappa shape index (κ3) is 3.36.